The van der Waals surface area contributed by atoms with Gasteiger partial charge in [-0.05, 0) is 13.3 Å². The second-order valence-electron chi connectivity index (χ2n) is 7.59. The van der Waals surface area contributed by atoms with Crippen molar-refractivity contribution in [2.24, 2.45) is 5.73 Å². The zero-order chi connectivity index (χ0) is 22.1. The van der Waals surface area contributed by atoms with Crippen LogP contribution in [0.5, 0.6) is 0 Å². The number of carbonyl (C=O) groups is 1. The van der Waals surface area contributed by atoms with Crippen molar-refractivity contribution < 1.29 is 28.5 Å². The predicted molar refractivity (Wildman–Crippen MR) is 120 cm³/mol. The normalized spacial score (nSPS) is 12.2. The lowest BCUT2D eigenvalue weighted by Crippen LogP contribution is -2.29. The van der Waals surface area contributed by atoms with E-state index in [1.165, 1.54) is 57.8 Å². The topological polar surface area (TPSA) is 89.2 Å². The van der Waals surface area contributed by atoms with Crippen LogP contribution in [-0.4, -0.2) is 71.5 Å². The number of unbranched alkanes of at least 4 members (excludes halogenated alkanes) is 9. The van der Waals surface area contributed by atoms with E-state index in [1.54, 1.807) is 6.92 Å². The number of nitrogens with two attached hydrogens (primary N) is 1. The highest BCUT2D eigenvalue weighted by Crippen LogP contribution is 2.10. The third-order valence-electron chi connectivity index (χ3n) is 4.60. The molecule has 0 aromatic carbocycles. The maximum Gasteiger partial charge on any atom is 0.322 e. The average molecular weight is 434 g/mol. The van der Waals surface area contributed by atoms with Crippen LogP contribution in [0.3, 0.4) is 0 Å². The van der Waals surface area contributed by atoms with Crippen LogP contribution in [0.25, 0.3) is 0 Å². The van der Waals surface area contributed by atoms with Gasteiger partial charge in [0.15, 0.2) is 0 Å². The number of hydrogen-bond acceptors (Lipinski definition) is 7. The third-order valence-corrected chi connectivity index (χ3v) is 4.60. The van der Waals surface area contributed by atoms with Gasteiger partial charge in [-0.25, -0.2) is 0 Å². The standard InChI is InChI=1S/C23H47NO6/c1-3-4-5-6-7-8-9-10-11-12-13-26-14-15-27-16-17-28-18-19-29-20-21-30-23(25)22(2)24/h22H,3-21,24H2,1-2H3/t22-/m0/s1. The van der Waals surface area contributed by atoms with Gasteiger partial charge in [-0.1, -0.05) is 64.7 Å². The molecule has 2 N–H and O–H groups in total. The molecule has 180 valence electrons. The Labute approximate surface area is 184 Å². The van der Waals surface area contributed by atoms with Gasteiger partial charge in [0, 0.05) is 6.61 Å². The van der Waals surface area contributed by atoms with Crippen molar-refractivity contribution in [2.45, 2.75) is 84.1 Å². The molecule has 0 spiro atoms. The molecule has 0 radical (unpaired) electrons. The van der Waals surface area contributed by atoms with Gasteiger partial charge in [-0.3, -0.25) is 4.79 Å². The van der Waals surface area contributed by atoms with E-state index in [1.807, 2.05) is 0 Å². The molecule has 0 aromatic rings. The first-order valence-corrected chi connectivity index (χ1v) is 11.9. The lowest BCUT2D eigenvalue weighted by atomic mass is 10.1. The van der Waals surface area contributed by atoms with Crippen molar-refractivity contribution in [3.05, 3.63) is 0 Å². The number of carbonyl (C=O) groups excluding carboxylic acids is 1. The molecule has 0 aliphatic heterocycles. The van der Waals surface area contributed by atoms with Crippen LogP contribution in [0.4, 0.5) is 0 Å². The lowest BCUT2D eigenvalue weighted by Gasteiger charge is -2.09. The van der Waals surface area contributed by atoms with Gasteiger partial charge in [-0.2, -0.15) is 0 Å². The van der Waals surface area contributed by atoms with Gasteiger partial charge in [0.05, 0.1) is 46.2 Å². The second kappa shape index (κ2) is 24.5. The van der Waals surface area contributed by atoms with E-state index in [-0.39, 0.29) is 6.61 Å². The van der Waals surface area contributed by atoms with Crippen LogP contribution in [0.1, 0.15) is 78.1 Å². The van der Waals surface area contributed by atoms with Crippen molar-refractivity contribution in [3.8, 4) is 0 Å². The lowest BCUT2D eigenvalue weighted by molar-refractivity contribution is -0.146. The molecule has 0 heterocycles. The molecule has 1 atom stereocenters. The maximum absolute atomic E-state index is 11.1. The minimum absolute atomic E-state index is 0.211. The van der Waals surface area contributed by atoms with Gasteiger partial charge in [0.2, 0.25) is 0 Å². The monoisotopic (exact) mass is 433 g/mol. The van der Waals surface area contributed by atoms with E-state index in [0.717, 1.165) is 13.0 Å². The smallest absolute Gasteiger partial charge is 0.322 e. The molecule has 0 rings (SSSR count). The van der Waals surface area contributed by atoms with Crippen molar-refractivity contribution >= 4 is 5.97 Å². The summed E-state index contributed by atoms with van der Waals surface area (Å²) in [4.78, 5) is 11.1. The number of hydrogen-bond donors (Lipinski definition) is 1. The van der Waals surface area contributed by atoms with Crippen molar-refractivity contribution in [1.29, 1.82) is 0 Å². The Morgan fingerprint density at radius 2 is 0.967 bits per heavy atom. The maximum atomic E-state index is 11.1. The summed E-state index contributed by atoms with van der Waals surface area (Å²) >= 11 is 0. The van der Waals surface area contributed by atoms with E-state index >= 15 is 0 Å². The van der Waals surface area contributed by atoms with Crippen molar-refractivity contribution in [3.63, 3.8) is 0 Å². The summed E-state index contributed by atoms with van der Waals surface area (Å²) in [6, 6.07) is -0.599. The quantitative estimate of drug-likeness (QED) is 0.183. The Balaban J connectivity index is 3.04. The minimum atomic E-state index is -0.599. The zero-order valence-corrected chi connectivity index (χ0v) is 19.5. The first-order valence-electron chi connectivity index (χ1n) is 11.9. The van der Waals surface area contributed by atoms with Crippen LogP contribution in [0, 0.1) is 0 Å². The van der Waals surface area contributed by atoms with E-state index in [2.05, 4.69) is 6.92 Å². The van der Waals surface area contributed by atoms with Gasteiger partial charge in [0.1, 0.15) is 12.6 Å². The highest BCUT2D eigenvalue weighted by atomic mass is 16.6. The number of esters is 1. The van der Waals surface area contributed by atoms with E-state index in [4.69, 9.17) is 29.4 Å². The minimum Gasteiger partial charge on any atom is -0.462 e. The van der Waals surface area contributed by atoms with Crippen LogP contribution < -0.4 is 5.73 Å². The summed E-state index contributed by atoms with van der Waals surface area (Å²) in [5, 5.41) is 0. The number of ether oxygens (including phenoxy) is 5. The summed E-state index contributed by atoms with van der Waals surface area (Å²) in [6.45, 7) is 8.49. The second-order valence-corrected chi connectivity index (χ2v) is 7.59. The third kappa shape index (κ3) is 23.5. The predicted octanol–water partition coefficient (Wildman–Crippen LogP) is 3.86. The first kappa shape index (κ1) is 29.3. The molecule has 7 heteroatoms. The molecular weight excluding hydrogens is 386 g/mol. The first-order chi connectivity index (χ1) is 14.7. The molecule has 0 fully saturated rings. The summed E-state index contributed by atoms with van der Waals surface area (Å²) in [5.41, 5.74) is 5.38. The Hall–Kier alpha value is -0.730. The molecule has 0 bridgehead atoms. The summed E-state index contributed by atoms with van der Waals surface area (Å²) in [5.74, 6) is -0.417. The molecule has 30 heavy (non-hydrogen) atoms. The fourth-order valence-electron chi connectivity index (χ4n) is 2.79. The summed E-state index contributed by atoms with van der Waals surface area (Å²) in [6.07, 6.45) is 13.4. The van der Waals surface area contributed by atoms with Crippen LogP contribution >= 0.6 is 0 Å². The van der Waals surface area contributed by atoms with Gasteiger partial charge >= 0.3 is 5.97 Å². The van der Waals surface area contributed by atoms with Gasteiger partial charge < -0.3 is 29.4 Å². The van der Waals surface area contributed by atoms with E-state index in [0.29, 0.717) is 46.2 Å². The Morgan fingerprint density at radius 1 is 0.600 bits per heavy atom. The van der Waals surface area contributed by atoms with Crippen molar-refractivity contribution in [2.75, 3.05) is 59.5 Å². The molecular formula is C23H47NO6. The Bertz CT molecular complexity index is 355. The molecule has 0 aliphatic rings. The molecule has 0 amide bonds. The molecule has 0 unspecified atom stereocenters. The van der Waals surface area contributed by atoms with Crippen molar-refractivity contribution in [1.82, 2.24) is 0 Å². The molecule has 0 aliphatic carbocycles. The van der Waals surface area contributed by atoms with Gasteiger partial charge in [-0.15, -0.1) is 0 Å². The van der Waals surface area contributed by atoms with Gasteiger partial charge in [0.25, 0.3) is 0 Å². The highest BCUT2D eigenvalue weighted by molar-refractivity contribution is 5.74. The van der Waals surface area contributed by atoms with E-state index < -0.39 is 12.0 Å². The molecule has 7 nitrogen and oxygen atoms in total. The fourth-order valence-corrected chi connectivity index (χ4v) is 2.79. The Kier molecular flexibility index (Phi) is 23.9. The summed E-state index contributed by atoms with van der Waals surface area (Å²) < 4.78 is 26.6. The number of rotatable bonds is 24. The fraction of sp³-hybridized carbons (Fsp3) is 0.957. The average Bonchev–Trinajstić information content (AvgIpc) is 2.74. The SMILES string of the molecule is CCCCCCCCCCCCOCCOCCOCCOCCOC(=O)[C@H](C)N. The summed E-state index contributed by atoms with van der Waals surface area (Å²) in [7, 11) is 0. The Morgan fingerprint density at radius 3 is 1.40 bits per heavy atom. The zero-order valence-electron chi connectivity index (χ0n) is 19.5. The molecule has 0 saturated heterocycles. The van der Waals surface area contributed by atoms with Crippen LogP contribution in [0.2, 0.25) is 0 Å². The van der Waals surface area contributed by atoms with Crippen LogP contribution in [0.15, 0.2) is 0 Å². The largest absolute Gasteiger partial charge is 0.462 e. The van der Waals surface area contributed by atoms with Crippen LogP contribution in [-0.2, 0) is 28.5 Å². The molecule has 0 saturated carbocycles. The molecule has 0 aromatic heterocycles. The highest BCUT2D eigenvalue weighted by Gasteiger charge is 2.07. The van der Waals surface area contributed by atoms with E-state index in [9.17, 15) is 4.79 Å².